The van der Waals surface area contributed by atoms with Crippen molar-refractivity contribution in [2.24, 2.45) is 11.7 Å². The Labute approximate surface area is 111 Å². The second-order valence-electron chi connectivity index (χ2n) is 5.28. The van der Waals surface area contributed by atoms with Gasteiger partial charge in [0.1, 0.15) is 5.52 Å². The summed E-state index contributed by atoms with van der Waals surface area (Å²) < 4.78 is 5.26. The van der Waals surface area contributed by atoms with Crippen LogP contribution in [0.25, 0.3) is 11.1 Å². The van der Waals surface area contributed by atoms with Crippen molar-refractivity contribution in [2.75, 3.05) is 7.05 Å². The SMILES string of the molecule is CN(Cc1ccc2ncoc2c1)C(=O)C1CC(N)C1. The van der Waals surface area contributed by atoms with Gasteiger partial charge >= 0.3 is 0 Å². The number of hydrogen-bond donors (Lipinski definition) is 1. The average molecular weight is 259 g/mol. The zero-order valence-corrected chi connectivity index (χ0v) is 10.9. The molecule has 1 amide bonds. The van der Waals surface area contributed by atoms with Crippen LogP contribution < -0.4 is 5.73 Å². The Hall–Kier alpha value is -1.88. The molecule has 0 radical (unpaired) electrons. The first kappa shape index (κ1) is 12.2. The zero-order chi connectivity index (χ0) is 13.4. The summed E-state index contributed by atoms with van der Waals surface area (Å²) in [6.45, 7) is 0.585. The topological polar surface area (TPSA) is 72.4 Å². The van der Waals surface area contributed by atoms with Gasteiger partial charge < -0.3 is 15.1 Å². The van der Waals surface area contributed by atoms with E-state index < -0.39 is 0 Å². The molecule has 5 heteroatoms. The lowest BCUT2D eigenvalue weighted by Crippen LogP contribution is -2.45. The summed E-state index contributed by atoms with van der Waals surface area (Å²) in [5, 5.41) is 0. The number of nitrogens with two attached hydrogens (primary N) is 1. The molecule has 1 heterocycles. The average Bonchev–Trinajstić information content (AvgIpc) is 2.81. The van der Waals surface area contributed by atoms with Crippen LogP contribution in [0.3, 0.4) is 0 Å². The highest BCUT2D eigenvalue weighted by atomic mass is 16.3. The largest absolute Gasteiger partial charge is 0.443 e. The Bertz CT molecular complexity index is 602. The number of nitrogens with zero attached hydrogens (tertiary/aromatic N) is 2. The van der Waals surface area contributed by atoms with Crippen molar-refractivity contribution in [3.8, 4) is 0 Å². The number of amides is 1. The number of carbonyl (C=O) groups excluding carboxylic acids is 1. The van der Waals surface area contributed by atoms with Crippen LogP contribution in [0.4, 0.5) is 0 Å². The van der Waals surface area contributed by atoms with Crippen molar-refractivity contribution >= 4 is 17.0 Å². The fraction of sp³-hybridized carbons (Fsp3) is 0.429. The van der Waals surface area contributed by atoms with Crippen molar-refractivity contribution in [3.05, 3.63) is 30.2 Å². The quantitative estimate of drug-likeness (QED) is 0.907. The van der Waals surface area contributed by atoms with Gasteiger partial charge in [-0.05, 0) is 30.5 Å². The maximum Gasteiger partial charge on any atom is 0.225 e. The first-order valence-corrected chi connectivity index (χ1v) is 6.46. The molecule has 1 aromatic carbocycles. The summed E-state index contributed by atoms with van der Waals surface area (Å²) in [5.41, 5.74) is 8.35. The van der Waals surface area contributed by atoms with Gasteiger partial charge in [0.25, 0.3) is 0 Å². The summed E-state index contributed by atoms with van der Waals surface area (Å²) in [6, 6.07) is 6.01. The van der Waals surface area contributed by atoms with Gasteiger partial charge in [-0.25, -0.2) is 4.98 Å². The summed E-state index contributed by atoms with van der Waals surface area (Å²) in [7, 11) is 1.83. The Morgan fingerprint density at radius 1 is 1.53 bits per heavy atom. The number of hydrogen-bond acceptors (Lipinski definition) is 4. The van der Waals surface area contributed by atoms with E-state index in [9.17, 15) is 4.79 Å². The fourth-order valence-electron chi connectivity index (χ4n) is 2.52. The molecule has 2 aromatic rings. The number of oxazole rings is 1. The molecule has 0 atom stereocenters. The number of carbonyl (C=O) groups is 1. The van der Waals surface area contributed by atoms with Crippen LogP contribution in [0.1, 0.15) is 18.4 Å². The summed E-state index contributed by atoms with van der Waals surface area (Å²) in [6.07, 6.45) is 3.05. The molecular formula is C14H17N3O2. The molecule has 0 spiro atoms. The number of rotatable bonds is 3. The smallest absolute Gasteiger partial charge is 0.225 e. The van der Waals surface area contributed by atoms with Crippen molar-refractivity contribution in [1.29, 1.82) is 0 Å². The van der Waals surface area contributed by atoms with Crippen molar-refractivity contribution in [3.63, 3.8) is 0 Å². The molecule has 1 aliphatic rings. The van der Waals surface area contributed by atoms with Gasteiger partial charge in [0, 0.05) is 25.6 Å². The second kappa shape index (κ2) is 4.66. The van der Waals surface area contributed by atoms with E-state index in [1.807, 2.05) is 25.2 Å². The highest BCUT2D eigenvalue weighted by Gasteiger charge is 2.33. The predicted molar refractivity (Wildman–Crippen MR) is 71.2 cm³/mol. The Kier molecular flexibility index (Phi) is 2.98. The van der Waals surface area contributed by atoms with Crippen LogP contribution >= 0.6 is 0 Å². The van der Waals surface area contributed by atoms with Crippen LogP contribution in [-0.4, -0.2) is 28.9 Å². The third-order valence-electron chi connectivity index (χ3n) is 3.72. The van der Waals surface area contributed by atoms with E-state index in [-0.39, 0.29) is 17.9 Å². The number of benzene rings is 1. The van der Waals surface area contributed by atoms with Crippen LogP contribution in [0.5, 0.6) is 0 Å². The third-order valence-corrected chi connectivity index (χ3v) is 3.72. The molecule has 5 nitrogen and oxygen atoms in total. The minimum absolute atomic E-state index is 0.106. The summed E-state index contributed by atoms with van der Waals surface area (Å²) in [5.74, 6) is 0.286. The molecule has 0 bridgehead atoms. The number of fused-ring (bicyclic) bond motifs is 1. The van der Waals surface area contributed by atoms with Crippen LogP contribution in [0, 0.1) is 5.92 Å². The van der Waals surface area contributed by atoms with Crippen molar-refractivity contribution in [1.82, 2.24) is 9.88 Å². The lowest BCUT2D eigenvalue weighted by Gasteiger charge is -2.34. The minimum atomic E-state index is 0.106. The lowest BCUT2D eigenvalue weighted by molar-refractivity contribution is -0.137. The van der Waals surface area contributed by atoms with E-state index in [0.29, 0.717) is 6.54 Å². The van der Waals surface area contributed by atoms with Gasteiger partial charge in [0.15, 0.2) is 12.0 Å². The van der Waals surface area contributed by atoms with E-state index in [1.54, 1.807) is 4.90 Å². The highest BCUT2D eigenvalue weighted by Crippen LogP contribution is 2.27. The van der Waals surface area contributed by atoms with Crippen LogP contribution in [0.2, 0.25) is 0 Å². The molecular weight excluding hydrogens is 242 g/mol. The molecule has 100 valence electrons. The zero-order valence-electron chi connectivity index (χ0n) is 10.9. The van der Waals surface area contributed by atoms with E-state index in [1.165, 1.54) is 6.39 Å². The molecule has 0 saturated heterocycles. The van der Waals surface area contributed by atoms with E-state index >= 15 is 0 Å². The molecule has 1 fully saturated rings. The molecule has 0 aliphatic heterocycles. The van der Waals surface area contributed by atoms with Crippen molar-refractivity contribution in [2.45, 2.75) is 25.4 Å². The van der Waals surface area contributed by atoms with E-state index in [4.69, 9.17) is 10.2 Å². The summed E-state index contributed by atoms with van der Waals surface area (Å²) in [4.78, 5) is 18.0. The predicted octanol–water partition coefficient (Wildman–Crippen LogP) is 1.52. The fourth-order valence-corrected chi connectivity index (χ4v) is 2.52. The van der Waals surface area contributed by atoms with E-state index in [0.717, 1.165) is 29.5 Å². The second-order valence-corrected chi connectivity index (χ2v) is 5.28. The minimum Gasteiger partial charge on any atom is -0.443 e. The lowest BCUT2D eigenvalue weighted by atomic mass is 9.80. The number of aromatic nitrogens is 1. The summed E-state index contributed by atoms with van der Waals surface area (Å²) >= 11 is 0. The van der Waals surface area contributed by atoms with Gasteiger partial charge in [0.2, 0.25) is 5.91 Å². The molecule has 0 unspecified atom stereocenters. The van der Waals surface area contributed by atoms with Gasteiger partial charge in [-0.1, -0.05) is 6.07 Å². The van der Waals surface area contributed by atoms with Crippen molar-refractivity contribution < 1.29 is 9.21 Å². The monoisotopic (exact) mass is 259 g/mol. The molecule has 2 N–H and O–H groups in total. The van der Waals surface area contributed by atoms with Gasteiger partial charge in [-0.2, -0.15) is 0 Å². The first-order valence-electron chi connectivity index (χ1n) is 6.46. The Balaban J connectivity index is 1.68. The van der Waals surface area contributed by atoms with Crippen LogP contribution in [-0.2, 0) is 11.3 Å². The third kappa shape index (κ3) is 2.33. The first-order chi connectivity index (χ1) is 9.13. The molecule has 19 heavy (non-hydrogen) atoms. The Morgan fingerprint density at radius 3 is 3.05 bits per heavy atom. The highest BCUT2D eigenvalue weighted by molar-refractivity contribution is 5.80. The molecule has 1 aromatic heterocycles. The molecule has 1 saturated carbocycles. The standard InChI is InChI=1S/C14H17N3O2/c1-17(14(18)10-5-11(15)6-10)7-9-2-3-12-13(4-9)19-8-16-12/h2-4,8,10-11H,5-7,15H2,1H3. The molecule has 1 aliphatic carbocycles. The van der Waals surface area contributed by atoms with Crippen LogP contribution in [0.15, 0.2) is 29.0 Å². The normalized spacial score (nSPS) is 22.2. The Morgan fingerprint density at radius 2 is 2.32 bits per heavy atom. The van der Waals surface area contributed by atoms with E-state index in [2.05, 4.69) is 4.98 Å². The van der Waals surface area contributed by atoms with Gasteiger partial charge in [-0.3, -0.25) is 4.79 Å². The van der Waals surface area contributed by atoms with Gasteiger partial charge in [-0.15, -0.1) is 0 Å². The molecule has 3 rings (SSSR count). The maximum atomic E-state index is 12.1. The maximum absolute atomic E-state index is 12.1. The van der Waals surface area contributed by atoms with Gasteiger partial charge in [0.05, 0.1) is 0 Å².